The van der Waals surface area contributed by atoms with Gasteiger partial charge < -0.3 is 15.3 Å². The summed E-state index contributed by atoms with van der Waals surface area (Å²) in [5, 5.41) is 16.0. The molecule has 3 heterocycles. The number of hydrogen-bond acceptors (Lipinski definition) is 5. The van der Waals surface area contributed by atoms with Crippen molar-refractivity contribution < 1.29 is 37.1 Å². The summed E-state index contributed by atoms with van der Waals surface area (Å²) in [4.78, 5) is 44.0. The van der Waals surface area contributed by atoms with E-state index in [2.05, 4.69) is 31.3 Å². The van der Waals surface area contributed by atoms with Gasteiger partial charge >= 0.3 is 12.3 Å². The molecular formula is C25H24BrF4N5O4. The van der Waals surface area contributed by atoms with Crippen LogP contribution < -0.4 is 5.32 Å². The molecule has 2 aliphatic rings. The van der Waals surface area contributed by atoms with E-state index < -0.39 is 47.9 Å². The summed E-state index contributed by atoms with van der Waals surface area (Å²) in [7, 11) is 0. The standard InChI is InChI=1S/C25H24BrF4N5O4/c26-18-11-16(27)6-4-15(18)5-7-19(32-23(38)39)21(36)34-10-8-20-24(13-34,12-17-3-1-2-9-31-17)22(37)35(33-20)14-25(28,29)30/h1-4,6,9,11,19,32H,5,7-8,10,12-14H2,(H,38,39)/t19?,24-/m1/s1. The Morgan fingerprint density at radius 1 is 1.23 bits per heavy atom. The van der Waals surface area contributed by atoms with Crippen LogP contribution in [0, 0.1) is 11.2 Å². The molecular weight excluding hydrogens is 590 g/mol. The fourth-order valence-corrected chi connectivity index (χ4v) is 5.46. The largest absolute Gasteiger partial charge is 0.465 e. The average molecular weight is 614 g/mol. The van der Waals surface area contributed by atoms with Gasteiger partial charge in [-0.15, -0.1) is 0 Å². The van der Waals surface area contributed by atoms with Gasteiger partial charge in [0.15, 0.2) is 0 Å². The molecule has 0 radical (unpaired) electrons. The number of nitrogens with one attached hydrogen (secondary N) is 1. The van der Waals surface area contributed by atoms with Crippen LogP contribution in [0.5, 0.6) is 0 Å². The van der Waals surface area contributed by atoms with Crippen LogP contribution >= 0.6 is 15.9 Å². The normalized spacial score (nSPS) is 19.9. The number of amides is 3. The van der Waals surface area contributed by atoms with Crippen LogP contribution in [0.4, 0.5) is 22.4 Å². The van der Waals surface area contributed by atoms with Gasteiger partial charge in [-0.2, -0.15) is 18.3 Å². The summed E-state index contributed by atoms with van der Waals surface area (Å²) in [5.41, 5.74) is -0.260. The molecule has 2 aromatic rings. The van der Waals surface area contributed by atoms with Gasteiger partial charge in [0.1, 0.15) is 23.8 Å². The van der Waals surface area contributed by atoms with Crippen molar-refractivity contribution in [3.63, 3.8) is 0 Å². The molecule has 14 heteroatoms. The lowest BCUT2D eigenvalue weighted by molar-refractivity contribution is -0.164. The fourth-order valence-electron chi connectivity index (χ4n) is 4.91. The van der Waals surface area contributed by atoms with Crippen molar-refractivity contribution in [2.45, 2.75) is 37.9 Å². The molecule has 2 aliphatic heterocycles. The van der Waals surface area contributed by atoms with Gasteiger partial charge in [0.05, 0.1) is 5.71 Å². The maximum absolute atomic E-state index is 13.6. The number of likely N-dealkylation sites (tertiary alicyclic amines) is 1. The molecule has 0 spiro atoms. The van der Waals surface area contributed by atoms with Crippen LogP contribution in [0.2, 0.25) is 0 Å². The minimum absolute atomic E-state index is 0.0220. The first-order valence-corrected chi connectivity index (χ1v) is 12.8. The Labute approximate surface area is 229 Å². The second-order valence-electron chi connectivity index (χ2n) is 9.39. The fraction of sp³-hybridized carbons (Fsp3) is 0.400. The molecule has 9 nitrogen and oxygen atoms in total. The van der Waals surface area contributed by atoms with E-state index >= 15 is 0 Å². The first-order chi connectivity index (χ1) is 18.4. The molecule has 1 saturated heterocycles. The van der Waals surface area contributed by atoms with Gasteiger partial charge in [0.25, 0.3) is 5.91 Å². The van der Waals surface area contributed by atoms with E-state index in [0.717, 1.165) is 0 Å². The molecule has 0 saturated carbocycles. The molecule has 4 rings (SSSR count). The highest BCUT2D eigenvalue weighted by Crippen LogP contribution is 2.39. The number of alkyl halides is 3. The Balaban J connectivity index is 1.59. The Kier molecular flexibility index (Phi) is 8.23. The Morgan fingerprint density at radius 3 is 2.64 bits per heavy atom. The average Bonchev–Trinajstić information content (AvgIpc) is 3.11. The number of rotatable bonds is 8. The summed E-state index contributed by atoms with van der Waals surface area (Å²) >= 11 is 3.25. The lowest BCUT2D eigenvalue weighted by Crippen LogP contribution is -2.59. The lowest BCUT2D eigenvalue weighted by atomic mass is 9.74. The van der Waals surface area contributed by atoms with Crippen LogP contribution in [0.3, 0.4) is 0 Å². The minimum Gasteiger partial charge on any atom is -0.465 e. The van der Waals surface area contributed by atoms with Crippen molar-refractivity contribution in [3.8, 4) is 0 Å². The summed E-state index contributed by atoms with van der Waals surface area (Å²) < 4.78 is 53.5. The first kappa shape index (κ1) is 28.5. The monoisotopic (exact) mass is 613 g/mol. The number of pyridine rings is 1. The first-order valence-electron chi connectivity index (χ1n) is 12.0. The second kappa shape index (κ2) is 11.3. The van der Waals surface area contributed by atoms with Crippen LogP contribution in [-0.2, 0) is 22.4 Å². The minimum atomic E-state index is -4.68. The zero-order valence-corrected chi connectivity index (χ0v) is 22.0. The topological polar surface area (TPSA) is 115 Å². The quantitative estimate of drug-likeness (QED) is 0.440. The van der Waals surface area contributed by atoms with Crippen molar-refractivity contribution in [1.29, 1.82) is 0 Å². The predicted octanol–water partition coefficient (Wildman–Crippen LogP) is 3.77. The van der Waals surface area contributed by atoms with Crippen LogP contribution in [0.25, 0.3) is 0 Å². The van der Waals surface area contributed by atoms with E-state index in [9.17, 15) is 37.1 Å². The molecule has 0 aliphatic carbocycles. The molecule has 0 bridgehead atoms. The van der Waals surface area contributed by atoms with E-state index in [0.29, 0.717) is 20.7 Å². The van der Waals surface area contributed by atoms with Crippen molar-refractivity contribution in [2.75, 3.05) is 19.6 Å². The molecule has 3 amide bonds. The smallest absolute Gasteiger partial charge is 0.408 e. The lowest BCUT2D eigenvalue weighted by Gasteiger charge is -2.40. The third kappa shape index (κ3) is 6.54. The number of fused-ring (bicyclic) bond motifs is 1. The number of aryl methyl sites for hydroxylation is 1. The van der Waals surface area contributed by atoms with Crippen molar-refractivity contribution in [2.24, 2.45) is 10.5 Å². The van der Waals surface area contributed by atoms with E-state index in [1.165, 1.54) is 29.3 Å². The molecule has 2 N–H and O–H groups in total. The number of nitrogens with zero attached hydrogens (tertiary/aromatic N) is 4. The van der Waals surface area contributed by atoms with Crippen molar-refractivity contribution >= 4 is 39.5 Å². The van der Waals surface area contributed by atoms with Gasteiger partial charge in [-0.25, -0.2) is 14.2 Å². The third-order valence-electron chi connectivity index (χ3n) is 6.68. The van der Waals surface area contributed by atoms with E-state index in [-0.39, 0.29) is 44.5 Å². The number of carbonyl (C=O) groups excluding carboxylic acids is 2. The summed E-state index contributed by atoms with van der Waals surface area (Å²) in [5.74, 6) is -1.99. The summed E-state index contributed by atoms with van der Waals surface area (Å²) in [6.07, 6.45) is -4.45. The zero-order chi connectivity index (χ0) is 28.4. The molecule has 208 valence electrons. The van der Waals surface area contributed by atoms with Crippen LogP contribution in [0.1, 0.15) is 24.1 Å². The SMILES string of the molecule is O=C(O)NC(CCc1ccc(F)cc1Br)C(=O)N1CCC2=NN(CC(F)(F)F)C(=O)[C@]2(Cc2ccccn2)C1. The Morgan fingerprint density at radius 2 is 2.00 bits per heavy atom. The summed E-state index contributed by atoms with van der Waals surface area (Å²) in [6.45, 7) is -1.82. The predicted molar refractivity (Wildman–Crippen MR) is 134 cm³/mol. The van der Waals surface area contributed by atoms with Crippen molar-refractivity contribution in [3.05, 3.63) is 64.1 Å². The maximum Gasteiger partial charge on any atom is 0.408 e. The van der Waals surface area contributed by atoms with E-state index in [1.807, 2.05) is 0 Å². The third-order valence-corrected chi connectivity index (χ3v) is 7.42. The number of carboxylic acid groups (broad SMARTS) is 1. The maximum atomic E-state index is 13.6. The van der Waals surface area contributed by atoms with Crippen LogP contribution in [0.15, 0.2) is 52.2 Å². The van der Waals surface area contributed by atoms with Gasteiger partial charge in [0.2, 0.25) is 5.91 Å². The number of halogens is 5. The number of hydrogen-bond donors (Lipinski definition) is 2. The number of benzene rings is 1. The Bertz CT molecular complexity index is 1290. The van der Waals surface area contributed by atoms with E-state index in [4.69, 9.17) is 0 Å². The zero-order valence-electron chi connectivity index (χ0n) is 20.4. The highest BCUT2D eigenvalue weighted by molar-refractivity contribution is 9.10. The van der Waals surface area contributed by atoms with Gasteiger partial charge in [0, 0.05) is 42.3 Å². The molecule has 1 fully saturated rings. The number of hydrazone groups is 1. The number of piperidine rings is 1. The number of aromatic nitrogens is 1. The van der Waals surface area contributed by atoms with Gasteiger partial charge in [-0.05, 0) is 42.7 Å². The van der Waals surface area contributed by atoms with Crippen LogP contribution in [-0.4, -0.2) is 75.5 Å². The van der Waals surface area contributed by atoms with Gasteiger partial charge in [-0.3, -0.25) is 14.6 Å². The second-order valence-corrected chi connectivity index (χ2v) is 10.2. The molecule has 39 heavy (non-hydrogen) atoms. The van der Waals surface area contributed by atoms with Gasteiger partial charge in [-0.1, -0.05) is 28.1 Å². The molecule has 2 atom stereocenters. The van der Waals surface area contributed by atoms with Crippen molar-refractivity contribution in [1.82, 2.24) is 20.2 Å². The highest BCUT2D eigenvalue weighted by atomic mass is 79.9. The van der Waals surface area contributed by atoms with E-state index in [1.54, 1.807) is 18.2 Å². The summed E-state index contributed by atoms with van der Waals surface area (Å²) in [6, 6.07) is 7.75. The molecule has 1 aromatic heterocycles. The number of carbonyl (C=O) groups is 3. The Hall–Kier alpha value is -3.55. The molecule has 1 aromatic carbocycles. The highest BCUT2D eigenvalue weighted by Gasteiger charge is 2.56. The molecule has 1 unspecified atom stereocenters.